The van der Waals surface area contributed by atoms with Crippen molar-refractivity contribution in [1.29, 1.82) is 0 Å². The molecule has 2 aromatic carbocycles. The first-order chi connectivity index (χ1) is 15.2. The second kappa shape index (κ2) is 8.97. The van der Waals surface area contributed by atoms with Gasteiger partial charge in [-0.1, -0.05) is 41.4 Å². The average molecular weight is 497 g/mol. The first-order valence-electron chi connectivity index (χ1n) is 9.17. The van der Waals surface area contributed by atoms with E-state index in [2.05, 4.69) is 10.3 Å². The van der Waals surface area contributed by atoms with Gasteiger partial charge in [-0.25, -0.2) is 4.98 Å². The molecular weight excluding hydrogens is 484 g/mol. The highest BCUT2D eigenvalue weighted by Gasteiger charge is 2.31. The van der Waals surface area contributed by atoms with E-state index in [4.69, 9.17) is 27.6 Å². The summed E-state index contributed by atoms with van der Waals surface area (Å²) in [7, 11) is 0. The van der Waals surface area contributed by atoms with Gasteiger partial charge in [-0.3, -0.25) is 10.1 Å². The highest BCUT2D eigenvalue weighted by atomic mass is 35.5. The minimum atomic E-state index is -4.53. The summed E-state index contributed by atoms with van der Waals surface area (Å²) in [6, 6.07) is 13.1. The van der Waals surface area contributed by atoms with Crippen molar-refractivity contribution in [2.24, 2.45) is 0 Å². The Hall–Kier alpha value is -2.81. The van der Waals surface area contributed by atoms with Gasteiger partial charge in [0.25, 0.3) is 5.91 Å². The van der Waals surface area contributed by atoms with Crippen molar-refractivity contribution in [3.8, 4) is 11.3 Å². The molecule has 0 bridgehead atoms. The summed E-state index contributed by atoms with van der Waals surface area (Å²) in [5.74, 6) is -0.626. The Bertz CT molecular complexity index is 1280. The summed E-state index contributed by atoms with van der Waals surface area (Å²) in [5.41, 5.74) is 0.106. The van der Waals surface area contributed by atoms with Crippen LogP contribution in [0.4, 0.5) is 18.3 Å². The SMILES string of the molecule is O=C(Nc1ncc(Cc2ccccc2Cl)s1)c1ccc(-c2cc(C(F)(F)F)ccc2Cl)o1. The van der Waals surface area contributed by atoms with Crippen molar-refractivity contribution in [1.82, 2.24) is 4.98 Å². The lowest BCUT2D eigenvalue weighted by atomic mass is 10.1. The average Bonchev–Trinajstić information content (AvgIpc) is 3.39. The Kier molecular flexibility index (Phi) is 6.28. The predicted molar refractivity (Wildman–Crippen MR) is 118 cm³/mol. The van der Waals surface area contributed by atoms with Crippen LogP contribution in [0.3, 0.4) is 0 Å². The van der Waals surface area contributed by atoms with E-state index in [-0.39, 0.29) is 22.1 Å². The second-order valence-corrected chi connectivity index (χ2v) is 8.64. The van der Waals surface area contributed by atoms with Gasteiger partial charge in [-0.05, 0) is 42.0 Å². The maximum absolute atomic E-state index is 13.0. The molecule has 0 spiro atoms. The molecule has 0 radical (unpaired) electrons. The maximum atomic E-state index is 13.0. The molecule has 1 N–H and O–H groups in total. The highest BCUT2D eigenvalue weighted by Crippen LogP contribution is 2.36. The fraction of sp³-hybridized carbons (Fsp3) is 0.0909. The van der Waals surface area contributed by atoms with Crippen molar-refractivity contribution in [2.45, 2.75) is 12.6 Å². The number of alkyl halides is 3. The first kappa shape index (κ1) is 22.4. The molecule has 0 unspecified atom stereocenters. The summed E-state index contributed by atoms with van der Waals surface area (Å²) in [6.45, 7) is 0. The van der Waals surface area contributed by atoms with Crippen LogP contribution in [-0.4, -0.2) is 10.9 Å². The van der Waals surface area contributed by atoms with E-state index in [9.17, 15) is 18.0 Å². The number of amides is 1. The van der Waals surface area contributed by atoms with E-state index in [0.717, 1.165) is 28.6 Å². The predicted octanol–water partition coefficient (Wildman–Crippen LogP) is 7.57. The molecule has 4 aromatic rings. The number of hydrogen-bond acceptors (Lipinski definition) is 4. The molecule has 0 aliphatic heterocycles. The Balaban J connectivity index is 1.48. The largest absolute Gasteiger partial charge is 0.451 e. The van der Waals surface area contributed by atoms with Crippen LogP contribution >= 0.6 is 34.5 Å². The second-order valence-electron chi connectivity index (χ2n) is 6.71. The number of carbonyl (C=O) groups excluding carboxylic acids is 1. The smallest absolute Gasteiger partial charge is 0.416 e. The van der Waals surface area contributed by atoms with Crippen LogP contribution in [0, 0.1) is 0 Å². The van der Waals surface area contributed by atoms with Gasteiger partial charge in [0.15, 0.2) is 10.9 Å². The molecule has 1 amide bonds. The summed E-state index contributed by atoms with van der Waals surface area (Å²) in [6.07, 6.45) is -2.33. The minimum absolute atomic E-state index is 0.0387. The van der Waals surface area contributed by atoms with Crippen molar-refractivity contribution >= 4 is 45.6 Å². The quantitative estimate of drug-likeness (QED) is 0.309. The Morgan fingerprint density at radius 3 is 2.59 bits per heavy atom. The monoisotopic (exact) mass is 496 g/mol. The number of halogens is 5. The van der Waals surface area contributed by atoms with Crippen LogP contribution in [0.2, 0.25) is 10.0 Å². The fourth-order valence-corrected chi connectivity index (χ4v) is 4.17. The number of nitrogens with zero attached hydrogens (tertiary/aromatic N) is 1. The van der Waals surface area contributed by atoms with E-state index in [0.29, 0.717) is 16.6 Å². The third-order valence-corrected chi connectivity index (χ3v) is 6.10. The summed E-state index contributed by atoms with van der Waals surface area (Å²) < 4.78 is 44.5. The van der Waals surface area contributed by atoms with Crippen LogP contribution < -0.4 is 5.32 Å². The minimum Gasteiger partial charge on any atom is -0.451 e. The van der Waals surface area contributed by atoms with Crippen LogP contribution in [0.15, 0.2) is 65.2 Å². The number of furan rings is 1. The molecule has 0 aliphatic carbocycles. The molecule has 2 aromatic heterocycles. The molecule has 32 heavy (non-hydrogen) atoms. The molecular formula is C22H13Cl2F3N2O2S. The maximum Gasteiger partial charge on any atom is 0.416 e. The molecule has 10 heteroatoms. The molecule has 0 saturated carbocycles. The van der Waals surface area contributed by atoms with E-state index < -0.39 is 17.6 Å². The van der Waals surface area contributed by atoms with E-state index in [1.54, 1.807) is 12.3 Å². The molecule has 4 nitrogen and oxygen atoms in total. The number of rotatable bonds is 5. The van der Waals surface area contributed by atoms with Crippen molar-refractivity contribution in [3.05, 3.63) is 92.6 Å². The standard InChI is InChI=1S/C22H13Cl2F3N2O2S/c23-16-4-2-1-3-12(16)9-14-11-28-21(32-14)29-20(30)19-8-7-18(31-19)15-10-13(22(25,26)27)5-6-17(15)24/h1-8,10-11H,9H2,(H,28,29,30). The zero-order valence-electron chi connectivity index (χ0n) is 16.0. The number of hydrogen-bond donors (Lipinski definition) is 1. The number of thiazole rings is 1. The lowest BCUT2D eigenvalue weighted by Crippen LogP contribution is -2.10. The van der Waals surface area contributed by atoms with Crippen LogP contribution in [0.1, 0.15) is 26.6 Å². The van der Waals surface area contributed by atoms with Crippen molar-refractivity contribution in [3.63, 3.8) is 0 Å². The lowest BCUT2D eigenvalue weighted by Gasteiger charge is -2.09. The Morgan fingerprint density at radius 1 is 1.06 bits per heavy atom. The van der Waals surface area contributed by atoms with Gasteiger partial charge in [0.1, 0.15) is 5.76 Å². The highest BCUT2D eigenvalue weighted by molar-refractivity contribution is 7.15. The van der Waals surface area contributed by atoms with Crippen LogP contribution in [-0.2, 0) is 12.6 Å². The third kappa shape index (κ3) is 4.98. The van der Waals surface area contributed by atoms with Crippen LogP contribution in [0.25, 0.3) is 11.3 Å². The number of anilines is 1. The first-order valence-corrected chi connectivity index (χ1v) is 10.7. The number of benzene rings is 2. The lowest BCUT2D eigenvalue weighted by molar-refractivity contribution is -0.137. The van der Waals surface area contributed by atoms with Gasteiger partial charge in [-0.2, -0.15) is 13.2 Å². The summed E-state index contributed by atoms with van der Waals surface area (Å²) >= 11 is 13.5. The molecule has 2 heterocycles. The van der Waals surface area contributed by atoms with E-state index in [1.807, 2.05) is 18.2 Å². The Morgan fingerprint density at radius 2 is 1.84 bits per heavy atom. The van der Waals surface area contributed by atoms with Gasteiger partial charge in [0.2, 0.25) is 0 Å². The summed E-state index contributed by atoms with van der Waals surface area (Å²) in [5, 5.41) is 3.69. The molecule has 0 aliphatic rings. The van der Waals surface area contributed by atoms with Gasteiger partial charge < -0.3 is 4.42 Å². The molecule has 4 rings (SSSR count). The molecule has 0 saturated heterocycles. The molecule has 0 fully saturated rings. The van der Waals surface area contributed by atoms with Gasteiger partial charge in [-0.15, -0.1) is 11.3 Å². The van der Waals surface area contributed by atoms with E-state index >= 15 is 0 Å². The van der Waals surface area contributed by atoms with Gasteiger partial charge in [0.05, 0.1) is 10.6 Å². The topological polar surface area (TPSA) is 55.1 Å². The van der Waals surface area contributed by atoms with Gasteiger partial charge in [0, 0.05) is 28.1 Å². The third-order valence-electron chi connectivity index (χ3n) is 4.49. The van der Waals surface area contributed by atoms with Crippen LogP contribution in [0.5, 0.6) is 0 Å². The molecule has 0 atom stereocenters. The number of nitrogens with one attached hydrogen (secondary N) is 1. The van der Waals surface area contributed by atoms with E-state index in [1.165, 1.54) is 23.5 Å². The van der Waals surface area contributed by atoms with Gasteiger partial charge >= 0.3 is 6.18 Å². The molecule has 164 valence electrons. The summed E-state index contributed by atoms with van der Waals surface area (Å²) in [4.78, 5) is 17.6. The zero-order chi connectivity index (χ0) is 22.9. The number of carbonyl (C=O) groups is 1. The number of aromatic nitrogens is 1. The van der Waals surface area contributed by atoms with Crippen molar-refractivity contribution < 1.29 is 22.4 Å². The van der Waals surface area contributed by atoms with Crippen molar-refractivity contribution in [2.75, 3.05) is 5.32 Å². The zero-order valence-corrected chi connectivity index (χ0v) is 18.4. The normalized spacial score (nSPS) is 11.5. The Labute approximate surface area is 194 Å². The fourth-order valence-electron chi connectivity index (χ4n) is 2.93.